The monoisotopic (exact) mass is 612 g/mol. The molecular formula is C44H45BN2. The lowest BCUT2D eigenvalue weighted by Gasteiger charge is -2.44. The van der Waals surface area contributed by atoms with Gasteiger partial charge < -0.3 is 9.80 Å². The van der Waals surface area contributed by atoms with E-state index >= 15 is 0 Å². The minimum absolute atomic E-state index is 0.111. The Morgan fingerprint density at radius 3 is 1.64 bits per heavy atom. The lowest BCUT2D eigenvalue weighted by atomic mass is 9.33. The molecule has 2 aliphatic heterocycles. The summed E-state index contributed by atoms with van der Waals surface area (Å²) in [7, 11) is 0. The van der Waals surface area contributed by atoms with Crippen LogP contribution in [0.1, 0.15) is 90.5 Å². The summed E-state index contributed by atoms with van der Waals surface area (Å²) in [5.74, 6) is 0. The molecule has 0 saturated heterocycles. The van der Waals surface area contributed by atoms with Gasteiger partial charge in [0.2, 0.25) is 0 Å². The Kier molecular flexibility index (Phi) is 5.68. The highest BCUT2D eigenvalue weighted by molar-refractivity contribution is 7.00. The quantitative estimate of drug-likeness (QED) is 0.179. The largest absolute Gasteiger partial charge is 0.311 e. The number of benzene rings is 5. The van der Waals surface area contributed by atoms with Crippen molar-refractivity contribution in [2.45, 2.75) is 89.9 Å². The van der Waals surface area contributed by atoms with Crippen LogP contribution in [0.4, 0.5) is 34.1 Å². The van der Waals surface area contributed by atoms with Gasteiger partial charge >= 0.3 is 0 Å². The van der Waals surface area contributed by atoms with Crippen molar-refractivity contribution in [1.29, 1.82) is 0 Å². The molecule has 0 atom stereocenters. The first kappa shape index (κ1) is 28.9. The van der Waals surface area contributed by atoms with E-state index in [1.54, 1.807) is 0 Å². The Balaban J connectivity index is 1.38. The smallest absolute Gasteiger partial charge is 0.252 e. The lowest BCUT2D eigenvalue weighted by molar-refractivity contribution is 0.403. The highest BCUT2D eigenvalue weighted by Gasteiger charge is 2.48. The number of hydrogen-bond donors (Lipinski definition) is 0. The van der Waals surface area contributed by atoms with E-state index in [0.717, 1.165) is 12.8 Å². The number of fused-ring (bicyclic) bond motifs is 6. The van der Waals surface area contributed by atoms with E-state index in [2.05, 4.69) is 168 Å². The first-order valence-corrected chi connectivity index (χ1v) is 17.5. The van der Waals surface area contributed by atoms with Crippen LogP contribution in [-0.4, -0.2) is 6.71 Å². The molecule has 4 aliphatic rings. The fraction of sp³-hybridized carbons (Fsp3) is 0.318. The van der Waals surface area contributed by atoms with E-state index in [1.807, 2.05) is 0 Å². The van der Waals surface area contributed by atoms with Crippen molar-refractivity contribution in [1.82, 2.24) is 0 Å². The molecule has 0 aromatic heterocycles. The predicted molar refractivity (Wildman–Crippen MR) is 202 cm³/mol. The first-order valence-electron chi connectivity index (χ1n) is 17.5. The molecule has 5 aromatic carbocycles. The lowest BCUT2D eigenvalue weighted by Crippen LogP contribution is -2.61. The van der Waals surface area contributed by atoms with Gasteiger partial charge in [0, 0.05) is 34.1 Å². The number of anilines is 6. The van der Waals surface area contributed by atoms with E-state index in [0.29, 0.717) is 0 Å². The maximum absolute atomic E-state index is 2.62. The molecule has 2 nitrogen and oxygen atoms in total. The number of rotatable bonds is 2. The Morgan fingerprint density at radius 2 is 0.957 bits per heavy atom. The molecule has 47 heavy (non-hydrogen) atoms. The first-order chi connectivity index (χ1) is 22.3. The minimum Gasteiger partial charge on any atom is -0.311 e. The summed E-state index contributed by atoms with van der Waals surface area (Å²) in [5.41, 5.74) is 18.4. The summed E-state index contributed by atoms with van der Waals surface area (Å²) in [6.45, 7) is 19.6. The van der Waals surface area contributed by atoms with Crippen LogP contribution >= 0.6 is 0 Å². The molecule has 0 spiro atoms. The van der Waals surface area contributed by atoms with Crippen molar-refractivity contribution in [2.24, 2.45) is 0 Å². The third-order valence-corrected chi connectivity index (χ3v) is 12.0. The molecule has 5 aromatic rings. The maximum atomic E-state index is 2.62. The number of nitrogens with zero attached hydrogens (tertiary/aromatic N) is 2. The van der Waals surface area contributed by atoms with Crippen molar-refractivity contribution in [2.75, 3.05) is 9.80 Å². The number of hydrogen-bond acceptors (Lipinski definition) is 2. The van der Waals surface area contributed by atoms with E-state index in [-0.39, 0.29) is 28.4 Å². The minimum atomic E-state index is 0.111. The van der Waals surface area contributed by atoms with Gasteiger partial charge in [-0.3, -0.25) is 0 Å². The second kappa shape index (κ2) is 9.22. The topological polar surface area (TPSA) is 6.48 Å². The number of para-hydroxylation sites is 2. The molecule has 0 saturated carbocycles. The van der Waals surface area contributed by atoms with Crippen LogP contribution in [0.15, 0.2) is 103 Å². The van der Waals surface area contributed by atoms with Crippen molar-refractivity contribution in [3.8, 4) is 0 Å². The molecule has 3 heteroatoms. The SMILES string of the molecule is CC1(C)CC(C)(C)c2cc(N3c4cc5c(cc4B4c6ccccc6N(c6ccccc6)c6cccc3c64)C(C)(C)CC5(C)C)ccc21. The molecular weight excluding hydrogens is 567 g/mol. The van der Waals surface area contributed by atoms with Gasteiger partial charge in [-0.05, 0) is 122 Å². The maximum Gasteiger partial charge on any atom is 0.252 e. The van der Waals surface area contributed by atoms with Gasteiger partial charge in [0.1, 0.15) is 0 Å². The van der Waals surface area contributed by atoms with E-state index in [1.165, 1.54) is 72.8 Å². The van der Waals surface area contributed by atoms with Crippen LogP contribution in [-0.2, 0) is 21.7 Å². The predicted octanol–water partition coefficient (Wildman–Crippen LogP) is 9.69. The summed E-state index contributed by atoms with van der Waals surface area (Å²) in [6, 6.07) is 39.6. The molecule has 0 radical (unpaired) electrons. The Labute approximate surface area is 281 Å². The second-order valence-electron chi connectivity index (χ2n) is 17.3. The zero-order valence-electron chi connectivity index (χ0n) is 29.2. The molecule has 0 fully saturated rings. The summed E-state index contributed by atoms with van der Waals surface area (Å²) in [4.78, 5) is 5.10. The Hall–Kier alpha value is -4.24. The standard InChI is InChI=1S/C44H45BN2/c1-41(2)26-42(3,4)31-23-29(21-22-30(31)41)47-38-20-14-19-37-40(38)45(34-17-12-13-18-36(34)46(37)28-15-10-9-11-16-28)35-24-32-33(25-39(35)47)44(7,8)27-43(32,5)6/h9-25H,26-27H2,1-8H3. The summed E-state index contributed by atoms with van der Waals surface area (Å²) in [6.07, 6.45) is 2.32. The summed E-state index contributed by atoms with van der Waals surface area (Å²) < 4.78 is 0. The van der Waals surface area contributed by atoms with Crippen LogP contribution in [0.2, 0.25) is 0 Å². The van der Waals surface area contributed by atoms with Crippen molar-refractivity contribution in [3.63, 3.8) is 0 Å². The van der Waals surface area contributed by atoms with Gasteiger partial charge in [-0.25, -0.2) is 0 Å². The summed E-state index contributed by atoms with van der Waals surface area (Å²) in [5, 5.41) is 0. The van der Waals surface area contributed by atoms with E-state index in [4.69, 9.17) is 0 Å². The zero-order chi connectivity index (χ0) is 32.7. The second-order valence-corrected chi connectivity index (χ2v) is 17.3. The third kappa shape index (κ3) is 3.92. The normalized spacial score (nSPS) is 19.9. The molecule has 2 heterocycles. The van der Waals surface area contributed by atoms with Crippen LogP contribution in [0.5, 0.6) is 0 Å². The fourth-order valence-corrected chi connectivity index (χ4v) is 10.6. The molecule has 0 unspecified atom stereocenters. The van der Waals surface area contributed by atoms with Crippen LogP contribution < -0.4 is 26.2 Å². The van der Waals surface area contributed by atoms with Crippen LogP contribution in [0.25, 0.3) is 0 Å². The van der Waals surface area contributed by atoms with Crippen molar-refractivity contribution < 1.29 is 0 Å². The highest BCUT2D eigenvalue weighted by Crippen LogP contribution is 2.54. The van der Waals surface area contributed by atoms with Crippen LogP contribution in [0.3, 0.4) is 0 Å². The van der Waals surface area contributed by atoms with Gasteiger partial charge in [0.25, 0.3) is 6.71 Å². The zero-order valence-corrected chi connectivity index (χ0v) is 29.2. The van der Waals surface area contributed by atoms with Crippen LogP contribution in [0, 0.1) is 0 Å². The highest BCUT2D eigenvalue weighted by atomic mass is 15.2. The molecule has 0 bridgehead atoms. The van der Waals surface area contributed by atoms with Crippen molar-refractivity contribution >= 4 is 57.2 Å². The van der Waals surface area contributed by atoms with E-state index < -0.39 is 0 Å². The molecule has 0 N–H and O–H groups in total. The van der Waals surface area contributed by atoms with Gasteiger partial charge in [-0.15, -0.1) is 0 Å². The Bertz CT molecular complexity index is 2120. The average molecular weight is 613 g/mol. The van der Waals surface area contributed by atoms with Gasteiger partial charge in [0.05, 0.1) is 0 Å². The fourth-order valence-electron chi connectivity index (χ4n) is 10.6. The van der Waals surface area contributed by atoms with Gasteiger partial charge in [-0.1, -0.05) is 110 Å². The molecule has 9 rings (SSSR count). The summed E-state index contributed by atoms with van der Waals surface area (Å²) >= 11 is 0. The molecule has 2 aliphatic carbocycles. The van der Waals surface area contributed by atoms with Gasteiger partial charge in [-0.2, -0.15) is 0 Å². The van der Waals surface area contributed by atoms with Crippen molar-refractivity contribution in [3.05, 3.63) is 125 Å². The molecule has 234 valence electrons. The van der Waals surface area contributed by atoms with E-state index in [9.17, 15) is 0 Å². The van der Waals surface area contributed by atoms with Gasteiger partial charge in [0.15, 0.2) is 0 Å². The Morgan fingerprint density at radius 1 is 0.426 bits per heavy atom. The average Bonchev–Trinajstić information content (AvgIpc) is 3.34. The third-order valence-electron chi connectivity index (χ3n) is 12.0. The molecule has 0 amide bonds.